The lowest BCUT2D eigenvalue weighted by Gasteiger charge is -2.42. The van der Waals surface area contributed by atoms with Crippen LogP contribution < -0.4 is 0 Å². The second kappa shape index (κ2) is 47.1. The third-order valence-corrected chi connectivity index (χ3v) is 13.9. The van der Waals surface area contributed by atoms with E-state index in [1.54, 1.807) is 0 Å². The molecule has 440 valence electrons. The minimum absolute atomic E-state index is 0.0987. The summed E-state index contributed by atoms with van der Waals surface area (Å²) in [5, 5.41) is 72.3. The Bertz CT molecular complexity index is 1550. The van der Waals surface area contributed by atoms with Crippen molar-refractivity contribution in [2.24, 2.45) is 0 Å². The van der Waals surface area contributed by atoms with Crippen molar-refractivity contribution in [2.75, 3.05) is 26.4 Å². The molecule has 4 unspecified atom stereocenters. The molecule has 0 amide bonds. The Hall–Kier alpha value is -2.80. The molecule has 76 heavy (non-hydrogen) atoms. The molecule has 0 bridgehead atoms. The fourth-order valence-electron chi connectivity index (χ4n) is 9.07. The van der Waals surface area contributed by atoms with E-state index in [9.17, 15) is 45.3 Å². The molecule has 2 fully saturated rings. The fourth-order valence-corrected chi connectivity index (χ4v) is 9.07. The number of carbonyl (C=O) groups excluding carboxylic acids is 2. The van der Waals surface area contributed by atoms with E-state index in [1.807, 2.05) is 0 Å². The van der Waals surface area contributed by atoms with Gasteiger partial charge in [0.1, 0.15) is 55.4 Å². The molecule has 0 spiro atoms. The minimum Gasteiger partial charge on any atom is -0.462 e. The van der Waals surface area contributed by atoms with Crippen molar-refractivity contribution in [1.82, 2.24) is 0 Å². The molecule has 2 aliphatic heterocycles. The van der Waals surface area contributed by atoms with Gasteiger partial charge in [0.05, 0.1) is 19.8 Å². The number of allylic oxidation sites excluding steroid dienone is 10. The molecule has 11 atom stereocenters. The Morgan fingerprint density at radius 2 is 0.816 bits per heavy atom. The summed E-state index contributed by atoms with van der Waals surface area (Å²) in [6.45, 7) is 2.52. The van der Waals surface area contributed by atoms with Gasteiger partial charge in [-0.05, 0) is 83.5 Å². The molecule has 7 N–H and O–H groups in total. The van der Waals surface area contributed by atoms with Crippen LogP contribution in [0.1, 0.15) is 219 Å². The second-order valence-electron chi connectivity index (χ2n) is 20.8. The number of aliphatic hydroxyl groups excluding tert-OH is 7. The van der Waals surface area contributed by atoms with Crippen molar-refractivity contribution in [3.8, 4) is 0 Å². The number of rotatable bonds is 47. The molecule has 0 aromatic carbocycles. The first kappa shape index (κ1) is 69.3. The van der Waals surface area contributed by atoms with E-state index in [1.165, 1.54) is 109 Å². The van der Waals surface area contributed by atoms with Gasteiger partial charge in [-0.3, -0.25) is 9.59 Å². The number of esters is 2. The number of hydrogen-bond acceptors (Lipinski definition) is 15. The first-order valence-corrected chi connectivity index (χ1v) is 29.9. The largest absolute Gasteiger partial charge is 0.462 e. The van der Waals surface area contributed by atoms with Gasteiger partial charge in [-0.15, -0.1) is 0 Å². The highest BCUT2D eigenvalue weighted by molar-refractivity contribution is 5.70. The van der Waals surface area contributed by atoms with E-state index >= 15 is 0 Å². The number of carbonyl (C=O) groups is 2. The van der Waals surface area contributed by atoms with Gasteiger partial charge in [-0.1, -0.05) is 184 Å². The Balaban J connectivity index is 1.77. The molecule has 2 saturated heterocycles. The summed E-state index contributed by atoms with van der Waals surface area (Å²) in [4.78, 5) is 25.9. The zero-order chi connectivity index (χ0) is 55.3. The van der Waals surface area contributed by atoms with Crippen molar-refractivity contribution in [3.63, 3.8) is 0 Å². The summed E-state index contributed by atoms with van der Waals surface area (Å²) in [6.07, 6.45) is 39.7. The molecular weight excluding hydrogens is 973 g/mol. The number of unbranched alkanes of at least 4 members (excludes halogenated alkanes) is 23. The highest BCUT2D eigenvalue weighted by Crippen LogP contribution is 2.27. The van der Waals surface area contributed by atoms with E-state index in [2.05, 4.69) is 74.6 Å². The van der Waals surface area contributed by atoms with Gasteiger partial charge in [0.25, 0.3) is 0 Å². The average Bonchev–Trinajstić information content (AvgIpc) is 3.42. The predicted molar refractivity (Wildman–Crippen MR) is 298 cm³/mol. The standard InChI is InChI=1S/C61H106O15/c1-3-5-7-9-11-13-15-17-19-21-22-23-24-25-26-28-30-32-34-36-38-40-42-44-53(64)74-49(46-71-52(63)43-41-39-37-35-33-31-29-27-20-18-16-14-12-10-8-6-4-2)47-72-60-59(70)57(68)55(66)51(76-60)48-73-61-58(69)56(67)54(65)50(45-62)75-61/h12,14,18,20,28-31,36,38,49-51,54-62,65-70H,3-11,13,15-17,19,21-27,32-35,37,39-48H2,1-2H3/b14-12+,20-18+,30-28+,31-29+,38-36+/t49-,50+,51+,54-,55-,56?,57?,58?,59?,60+,61+/m1/s1. The van der Waals surface area contributed by atoms with Crippen LogP contribution in [0.3, 0.4) is 0 Å². The maximum Gasteiger partial charge on any atom is 0.306 e. The van der Waals surface area contributed by atoms with Gasteiger partial charge in [0, 0.05) is 12.8 Å². The third-order valence-electron chi connectivity index (χ3n) is 13.9. The maximum atomic E-state index is 13.1. The van der Waals surface area contributed by atoms with Crippen LogP contribution in [-0.4, -0.2) is 142 Å². The SMILES string of the molecule is CCCCC/C=C/C/C=C/C/C=C/CCCCCCC(=O)OC[C@H](CO[C@H]1O[C@@H](CO[C@H]2O[C@@H](CO)[C@@H](O)C(O)C2O)[C@@H](O)C(O)C1O)OC(=O)CCC/C=C/CC/C=C/CCCCCCCCCCCCCCCC. The van der Waals surface area contributed by atoms with Crippen LogP contribution in [0.2, 0.25) is 0 Å². The molecule has 15 nitrogen and oxygen atoms in total. The van der Waals surface area contributed by atoms with Gasteiger partial charge in [-0.25, -0.2) is 0 Å². The summed E-state index contributed by atoms with van der Waals surface area (Å²) < 4.78 is 33.6. The van der Waals surface area contributed by atoms with Gasteiger partial charge in [0.15, 0.2) is 18.7 Å². The van der Waals surface area contributed by atoms with E-state index in [0.29, 0.717) is 19.3 Å². The lowest BCUT2D eigenvalue weighted by Crippen LogP contribution is -2.61. The van der Waals surface area contributed by atoms with Gasteiger partial charge in [0.2, 0.25) is 0 Å². The molecule has 0 aliphatic carbocycles. The smallest absolute Gasteiger partial charge is 0.306 e. The van der Waals surface area contributed by atoms with Crippen molar-refractivity contribution < 1.29 is 73.8 Å². The van der Waals surface area contributed by atoms with Gasteiger partial charge >= 0.3 is 11.9 Å². The molecule has 0 radical (unpaired) electrons. The predicted octanol–water partition coefficient (Wildman–Crippen LogP) is 10.4. The summed E-state index contributed by atoms with van der Waals surface area (Å²) in [6, 6.07) is 0. The van der Waals surface area contributed by atoms with Crippen molar-refractivity contribution in [3.05, 3.63) is 60.8 Å². The van der Waals surface area contributed by atoms with Gasteiger partial charge in [-0.2, -0.15) is 0 Å². The van der Waals surface area contributed by atoms with E-state index in [-0.39, 0.29) is 19.4 Å². The van der Waals surface area contributed by atoms with E-state index in [4.69, 9.17) is 28.4 Å². The van der Waals surface area contributed by atoms with Crippen molar-refractivity contribution >= 4 is 11.9 Å². The number of ether oxygens (including phenoxy) is 6. The normalized spacial score (nSPS) is 24.8. The molecule has 2 rings (SSSR count). The quantitative estimate of drug-likeness (QED) is 0.0171. The van der Waals surface area contributed by atoms with Gasteiger partial charge < -0.3 is 64.2 Å². The Morgan fingerprint density at radius 1 is 0.421 bits per heavy atom. The molecule has 0 aromatic heterocycles. The minimum atomic E-state index is -1.78. The fraction of sp³-hybridized carbons (Fsp3) is 0.803. The molecule has 15 heteroatoms. The van der Waals surface area contributed by atoms with Crippen LogP contribution in [-0.2, 0) is 38.0 Å². The molecule has 2 heterocycles. The zero-order valence-electron chi connectivity index (χ0n) is 47.0. The van der Waals surface area contributed by atoms with Crippen molar-refractivity contribution in [1.29, 1.82) is 0 Å². The molecule has 0 saturated carbocycles. The van der Waals surface area contributed by atoms with E-state index < -0.39 is 99.3 Å². The maximum absolute atomic E-state index is 13.1. The first-order valence-electron chi connectivity index (χ1n) is 29.9. The highest BCUT2D eigenvalue weighted by atomic mass is 16.7. The van der Waals surface area contributed by atoms with Crippen LogP contribution in [0.5, 0.6) is 0 Å². The summed E-state index contributed by atoms with van der Waals surface area (Å²) in [5.74, 6) is -0.998. The van der Waals surface area contributed by atoms with Crippen LogP contribution in [0.15, 0.2) is 60.8 Å². The summed E-state index contributed by atoms with van der Waals surface area (Å²) >= 11 is 0. The lowest BCUT2D eigenvalue weighted by atomic mass is 9.98. The molecular formula is C61H106O15. The second-order valence-corrected chi connectivity index (χ2v) is 20.8. The number of hydrogen-bond donors (Lipinski definition) is 7. The summed E-state index contributed by atoms with van der Waals surface area (Å²) in [5.41, 5.74) is 0. The molecule has 2 aliphatic rings. The molecule has 0 aromatic rings. The first-order chi connectivity index (χ1) is 37.0. The van der Waals surface area contributed by atoms with Crippen LogP contribution >= 0.6 is 0 Å². The van der Waals surface area contributed by atoms with Crippen LogP contribution in [0.4, 0.5) is 0 Å². The van der Waals surface area contributed by atoms with Crippen LogP contribution in [0.25, 0.3) is 0 Å². The average molecular weight is 1080 g/mol. The third kappa shape index (κ3) is 33.6. The highest BCUT2D eigenvalue weighted by Gasteiger charge is 2.47. The van der Waals surface area contributed by atoms with Crippen molar-refractivity contribution in [2.45, 2.75) is 287 Å². The summed E-state index contributed by atoms with van der Waals surface area (Å²) in [7, 11) is 0. The van der Waals surface area contributed by atoms with Crippen LogP contribution in [0, 0.1) is 0 Å². The Morgan fingerprint density at radius 3 is 1.36 bits per heavy atom. The Kier molecular flexibility index (Phi) is 42.9. The Labute approximate surface area is 458 Å². The lowest BCUT2D eigenvalue weighted by molar-refractivity contribution is -0.332. The monoisotopic (exact) mass is 1080 g/mol. The van der Waals surface area contributed by atoms with E-state index in [0.717, 1.165) is 64.2 Å². The topological polar surface area (TPSA) is 231 Å². The number of aliphatic hydroxyl groups is 7. The zero-order valence-corrected chi connectivity index (χ0v) is 47.0.